The maximum absolute atomic E-state index is 12.4. The van der Waals surface area contributed by atoms with E-state index in [1.807, 2.05) is 30.3 Å². The third-order valence-corrected chi connectivity index (χ3v) is 5.12. The zero-order chi connectivity index (χ0) is 15.4. The van der Waals surface area contributed by atoms with Crippen LogP contribution in [0.1, 0.15) is 5.82 Å². The topological polar surface area (TPSA) is 85.3 Å². The number of rotatable bonds is 4. The van der Waals surface area contributed by atoms with Crippen molar-refractivity contribution >= 4 is 10.0 Å². The predicted molar refractivity (Wildman–Crippen MR) is 80.3 cm³/mol. The Labute approximate surface area is 129 Å². The molecule has 0 saturated carbocycles. The van der Waals surface area contributed by atoms with Gasteiger partial charge < -0.3 is 4.74 Å². The minimum Gasteiger partial charge on any atom is -0.379 e. The van der Waals surface area contributed by atoms with Crippen LogP contribution in [0.4, 0.5) is 0 Å². The first-order chi connectivity index (χ1) is 10.6. The van der Waals surface area contributed by atoms with Gasteiger partial charge in [0.1, 0.15) is 5.75 Å². The molecule has 1 fully saturated rings. The summed E-state index contributed by atoms with van der Waals surface area (Å²) in [7, 11) is -3.45. The molecule has 2 aromatic rings. The zero-order valence-electron chi connectivity index (χ0n) is 11.9. The Morgan fingerprint density at radius 3 is 2.59 bits per heavy atom. The van der Waals surface area contributed by atoms with E-state index in [1.165, 1.54) is 10.5 Å². The summed E-state index contributed by atoms with van der Waals surface area (Å²) in [5.41, 5.74) is 1.49. The second kappa shape index (κ2) is 6.47. The van der Waals surface area contributed by atoms with Crippen molar-refractivity contribution in [1.29, 1.82) is 0 Å². The van der Waals surface area contributed by atoms with Gasteiger partial charge in [0.25, 0.3) is 0 Å². The number of nitrogens with zero attached hydrogens (tertiary/aromatic N) is 4. The molecule has 1 aromatic carbocycles. The Morgan fingerprint density at radius 1 is 1.14 bits per heavy atom. The smallest absolute Gasteiger partial charge is 0.221 e. The molecule has 1 aliphatic rings. The molecule has 0 aliphatic carbocycles. The molecule has 1 saturated heterocycles. The average molecular weight is 320 g/mol. The van der Waals surface area contributed by atoms with Crippen LogP contribution in [0, 0.1) is 0 Å². The number of benzene rings is 1. The first-order valence-corrected chi connectivity index (χ1v) is 8.56. The zero-order valence-corrected chi connectivity index (χ0v) is 12.7. The van der Waals surface area contributed by atoms with Gasteiger partial charge in [0.05, 0.1) is 25.1 Å². The van der Waals surface area contributed by atoms with E-state index < -0.39 is 10.0 Å². The molecule has 1 aromatic heterocycles. The number of hydrogen-bond donors (Lipinski definition) is 0. The minimum atomic E-state index is -3.45. The van der Waals surface area contributed by atoms with Crippen molar-refractivity contribution in [3.8, 4) is 11.3 Å². The Morgan fingerprint density at radius 2 is 1.86 bits per heavy atom. The fourth-order valence-electron chi connectivity index (χ4n) is 2.23. The molecule has 2 heterocycles. The maximum atomic E-state index is 12.4. The summed E-state index contributed by atoms with van der Waals surface area (Å²) in [5, 5.41) is 7.72. The van der Waals surface area contributed by atoms with E-state index in [2.05, 4.69) is 15.2 Å². The molecule has 8 heteroatoms. The average Bonchev–Trinajstić information content (AvgIpc) is 2.56. The van der Waals surface area contributed by atoms with Gasteiger partial charge in [-0.15, -0.1) is 5.10 Å². The lowest BCUT2D eigenvalue weighted by Gasteiger charge is -2.25. The van der Waals surface area contributed by atoms with Gasteiger partial charge in [0, 0.05) is 18.7 Å². The molecule has 0 spiro atoms. The normalized spacial score (nSPS) is 16.5. The van der Waals surface area contributed by atoms with Crippen LogP contribution < -0.4 is 0 Å². The Bertz CT molecular complexity index is 731. The Balaban J connectivity index is 1.81. The van der Waals surface area contributed by atoms with Gasteiger partial charge in [-0.2, -0.15) is 9.40 Å². The van der Waals surface area contributed by atoms with E-state index in [1.54, 1.807) is 0 Å². The Hall–Kier alpha value is -1.90. The minimum absolute atomic E-state index is 0.202. The molecule has 22 heavy (non-hydrogen) atoms. The fourth-order valence-corrected chi connectivity index (χ4v) is 3.57. The van der Waals surface area contributed by atoms with E-state index in [0.29, 0.717) is 32.0 Å². The standard InChI is InChI=1S/C14H16N4O3S/c19-22(20,18-6-8-21-9-7-18)11-14-16-13(10-15-17-14)12-4-2-1-3-5-12/h1-5,10H,6-9,11H2. The molecule has 0 atom stereocenters. The van der Waals surface area contributed by atoms with Crippen LogP contribution in [0.25, 0.3) is 11.3 Å². The van der Waals surface area contributed by atoms with Gasteiger partial charge in [-0.3, -0.25) is 0 Å². The summed E-state index contributed by atoms with van der Waals surface area (Å²) in [6.45, 7) is 1.58. The van der Waals surface area contributed by atoms with Gasteiger partial charge in [-0.1, -0.05) is 30.3 Å². The lowest BCUT2D eigenvalue weighted by Crippen LogP contribution is -2.41. The lowest BCUT2D eigenvalue weighted by atomic mass is 10.2. The van der Waals surface area contributed by atoms with Gasteiger partial charge in [0.2, 0.25) is 10.0 Å². The van der Waals surface area contributed by atoms with E-state index in [0.717, 1.165) is 5.56 Å². The molecule has 0 unspecified atom stereocenters. The van der Waals surface area contributed by atoms with Crippen LogP contribution in [0.2, 0.25) is 0 Å². The van der Waals surface area contributed by atoms with Crippen LogP contribution in [0.5, 0.6) is 0 Å². The van der Waals surface area contributed by atoms with Crippen molar-refractivity contribution < 1.29 is 13.2 Å². The predicted octanol–water partition coefficient (Wildman–Crippen LogP) is 0.701. The van der Waals surface area contributed by atoms with Crippen LogP contribution in [-0.4, -0.2) is 54.2 Å². The van der Waals surface area contributed by atoms with Crippen molar-refractivity contribution in [1.82, 2.24) is 19.5 Å². The quantitative estimate of drug-likeness (QED) is 0.824. The van der Waals surface area contributed by atoms with Crippen LogP contribution in [-0.2, 0) is 20.5 Å². The van der Waals surface area contributed by atoms with Crippen molar-refractivity contribution in [2.24, 2.45) is 0 Å². The number of sulfonamides is 1. The van der Waals surface area contributed by atoms with Crippen molar-refractivity contribution in [2.45, 2.75) is 5.75 Å². The van der Waals surface area contributed by atoms with Gasteiger partial charge >= 0.3 is 0 Å². The highest BCUT2D eigenvalue weighted by Gasteiger charge is 2.26. The van der Waals surface area contributed by atoms with Crippen LogP contribution in [0.15, 0.2) is 36.5 Å². The molecule has 116 valence electrons. The van der Waals surface area contributed by atoms with Gasteiger partial charge in [-0.05, 0) is 0 Å². The highest BCUT2D eigenvalue weighted by Crippen LogP contribution is 2.16. The third kappa shape index (κ3) is 3.46. The fraction of sp³-hybridized carbons (Fsp3) is 0.357. The van der Waals surface area contributed by atoms with E-state index in [4.69, 9.17) is 4.74 Å². The van der Waals surface area contributed by atoms with Gasteiger partial charge in [-0.25, -0.2) is 13.4 Å². The molecule has 0 N–H and O–H groups in total. The molecule has 0 radical (unpaired) electrons. The SMILES string of the molecule is O=S(=O)(Cc1nncc(-c2ccccc2)n1)N1CCOCC1. The first kappa shape index (κ1) is 15.0. The van der Waals surface area contributed by atoms with Crippen molar-refractivity contribution in [2.75, 3.05) is 26.3 Å². The summed E-state index contributed by atoms with van der Waals surface area (Å²) in [6, 6.07) is 9.47. The second-order valence-electron chi connectivity index (χ2n) is 4.89. The summed E-state index contributed by atoms with van der Waals surface area (Å²) < 4.78 is 31.3. The first-order valence-electron chi connectivity index (χ1n) is 6.95. The number of ether oxygens (including phenoxy) is 1. The van der Waals surface area contributed by atoms with Gasteiger partial charge in [0.15, 0.2) is 5.82 Å². The molecule has 0 bridgehead atoms. The maximum Gasteiger partial charge on any atom is 0.221 e. The molecule has 0 amide bonds. The Kier molecular flexibility index (Phi) is 4.41. The number of hydrogen-bond acceptors (Lipinski definition) is 6. The number of morpholine rings is 1. The lowest BCUT2D eigenvalue weighted by molar-refractivity contribution is 0.0729. The van der Waals surface area contributed by atoms with Crippen LogP contribution in [0.3, 0.4) is 0 Å². The van der Waals surface area contributed by atoms with Crippen LogP contribution >= 0.6 is 0 Å². The third-order valence-electron chi connectivity index (χ3n) is 3.35. The molecule has 7 nitrogen and oxygen atoms in total. The summed E-state index contributed by atoms with van der Waals surface area (Å²) >= 11 is 0. The molecule has 3 rings (SSSR count). The van der Waals surface area contributed by atoms with E-state index in [9.17, 15) is 8.42 Å². The highest BCUT2D eigenvalue weighted by molar-refractivity contribution is 7.88. The second-order valence-corrected chi connectivity index (χ2v) is 6.86. The van der Waals surface area contributed by atoms with E-state index >= 15 is 0 Å². The monoisotopic (exact) mass is 320 g/mol. The highest BCUT2D eigenvalue weighted by atomic mass is 32.2. The molecule has 1 aliphatic heterocycles. The largest absolute Gasteiger partial charge is 0.379 e. The summed E-state index contributed by atoms with van der Waals surface area (Å²) in [4.78, 5) is 4.31. The van der Waals surface area contributed by atoms with E-state index in [-0.39, 0.29) is 11.6 Å². The van der Waals surface area contributed by atoms with Crippen molar-refractivity contribution in [3.05, 3.63) is 42.4 Å². The molecular formula is C14H16N4O3S. The summed E-state index contributed by atoms with van der Waals surface area (Å²) in [6.07, 6.45) is 1.53. The summed E-state index contributed by atoms with van der Waals surface area (Å²) in [5.74, 6) is -0.0476. The molecular weight excluding hydrogens is 304 g/mol. The number of aromatic nitrogens is 3. The van der Waals surface area contributed by atoms with Crippen molar-refractivity contribution in [3.63, 3.8) is 0 Å².